The van der Waals surface area contributed by atoms with Crippen LogP contribution in [-0.2, 0) is 0 Å². The molecule has 1 aliphatic carbocycles. The van der Waals surface area contributed by atoms with Gasteiger partial charge in [-0.25, -0.2) is 0 Å². The summed E-state index contributed by atoms with van der Waals surface area (Å²) in [5.41, 5.74) is 8.14. The highest BCUT2D eigenvalue weighted by atomic mass is 35.5. The van der Waals surface area contributed by atoms with E-state index >= 15 is 0 Å². The first-order valence-corrected chi connectivity index (χ1v) is 7.75. The van der Waals surface area contributed by atoms with Gasteiger partial charge in [-0.1, -0.05) is 43.4 Å². The minimum Gasteiger partial charge on any atom is -0.372 e. The average Bonchev–Trinajstić information content (AvgIpc) is 2.66. The molecule has 19 heavy (non-hydrogen) atoms. The van der Waals surface area contributed by atoms with Crippen LogP contribution in [0.25, 0.3) is 0 Å². The Balaban J connectivity index is 2.14. The second kappa shape index (κ2) is 6.62. The number of rotatable bonds is 3. The maximum Gasteiger partial charge on any atom is 0.0474 e. The van der Waals surface area contributed by atoms with Crippen molar-refractivity contribution >= 4 is 17.3 Å². The van der Waals surface area contributed by atoms with Crippen LogP contribution in [0.1, 0.15) is 57.1 Å². The zero-order chi connectivity index (χ0) is 13.8. The van der Waals surface area contributed by atoms with Gasteiger partial charge < -0.3 is 10.6 Å². The average molecular weight is 281 g/mol. The van der Waals surface area contributed by atoms with E-state index in [1.807, 2.05) is 6.92 Å². The van der Waals surface area contributed by atoms with Gasteiger partial charge in [0.15, 0.2) is 0 Å². The third-order valence-electron chi connectivity index (χ3n) is 4.25. The minimum absolute atomic E-state index is 0.00950. The molecule has 1 aliphatic rings. The lowest BCUT2D eigenvalue weighted by Gasteiger charge is -2.30. The lowest BCUT2D eigenvalue weighted by atomic mass is 10.0. The third kappa shape index (κ3) is 3.64. The second-order valence-corrected chi connectivity index (χ2v) is 6.16. The van der Waals surface area contributed by atoms with Gasteiger partial charge in [0.2, 0.25) is 0 Å². The van der Waals surface area contributed by atoms with Crippen LogP contribution in [0.15, 0.2) is 18.2 Å². The van der Waals surface area contributed by atoms with Gasteiger partial charge >= 0.3 is 0 Å². The van der Waals surface area contributed by atoms with E-state index in [0.717, 1.165) is 10.6 Å². The maximum atomic E-state index is 6.33. The summed E-state index contributed by atoms with van der Waals surface area (Å²) in [6.45, 7) is 1.97. The summed E-state index contributed by atoms with van der Waals surface area (Å²) in [6, 6.07) is 6.92. The molecule has 0 spiro atoms. The normalized spacial score (nSPS) is 18.9. The van der Waals surface area contributed by atoms with Crippen LogP contribution in [0, 0.1) is 0 Å². The third-order valence-corrected chi connectivity index (χ3v) is 4.58. The Morgan fingerprint density at radius 3 is 2.37 bits per heavy atom. The number of anilines is 1. The fourth-order valence-corrected chi connectivity index (χ4v) is 3.31. The fraction of sp³-hybridized carbons (Fsp3) is 0.625. The monoisotopic (exact) mass is 280 g/mol. The van der Waals surface area contributed by atoms with E-state index < -0.39 is 0 Å². The number of hydrogen-bond acceptors (Lipinski definition) is 2. The van der Waals surface area contributed by atoms with E-state index in [-0.39, 0.29) is 6.04 Å². The van der Waals surface area contributed by atoms with Crippen LogP contribution in [0.2, 0.25) is 5.02 Å². The summed E-state index contributed by atoms with van der Waals surface area (Å²) in [4.78, 5) is 2.39. The second-order valence-electron chi connectivity index (χ2n) is 5.75. The topological polar surface area (TPSA) is 29.3 Å². The van der Waals surface area contributed by atoms with Crippen molar-refractivity contribution in [2.24, 2.45) is 5.73 Å². The summed E-state index contributed by atoms with van der Waals surface area (Å²) in [5.74, 6) is 0. The van der Waals surface area contributed by atoms with Gasteiger partial charge in [-0.2, -0.15) is 0 Å². The van der Waals surface area contributed by atoms with E-state index in [1.165, 1.54) is 44.2 Å². The largest absolute Gasteiger partial charge is 0.372 e. The molecule has 3 heteroatoms. The minimum atomic E-state index is -0.00950. The molecule has 0 bridgehead atoms. The Hall–Kier alpha value is -0.730. The molecule has 0 aromatic heterocycles. The number of halogens is 1. The molecule has 1 saturated carbocycles. The summed E-state index contributed by atoms with van der Waals surface area (Å²) >= 11 is 6.33. The van der Waals surface area contributed by atoms with E-state index in [1.54, 1.807) is 0 Å². The molecule has 2 N–H and O–H groups in total. The summed E-state index contributed by atoms with van der Waals surface area (Å²) < 4.78 is 0. The van der Waals surface area contributed by atoms with Gasteiger partial charge in [-0.15, -0.1) is 0 Å². The van der Waals surface area contributed by atoms with Crippen LogP contribution >= 0.6 is 11.6 Å². The van der Waals surface area contributed by atoms with Gasteiger partial charge in [-0.3, -0.25) is 0 Å². The Morgan fingerprint density at radius 2 is 1.84 bits per heavy atom. The highest BCUT2D eigenvalue weighted by Gasteiger charge is 2.18. The smallest absolute Gasteiger partial charge is 0.0474 e. The maximum absolute atomic E-state index is 6.33. The van der Waals surface area contributed by atoms with Crippen molar-refractivity contribution < 1.29 is 0 Å². The number of hydrogen-bond donors (Lipinski definition) is 1. The molecule has 1 unspecified atom stereocenters. The molecular formula is C16H25ClN2. The van der Waals surface area contributed by atoms with Crippen molar-refractivity contribution in [3.05, 3.63) is 28.8 Å². The fourth-order valence-electron chi connectivity index (χ4n) is 2.96. The van der Waals surface area contributed by atoms with Gasteiger partial charge in [0.05, 0.1) is 0 Å². The summed E-state index contributed by atoms with van der Waals surface area (Å²) in [5, 5.41) is 0.785. The van der Waals surface area contributed by atoms with Crippen molar-refractivity contribution in [3.8, 4) is 0 Å². The molecule has 0 amide bonds. The zero-order valence-corrected chi connectivity index (χ0v) is 12.8. The van der Waals surface area contributed by atoms with Crippen molar-refractivity contribution in [1.82, 2.24) is 0 Å². The highest BCUT2D eigenvalue weighted by molar-refractivity contribution is 6.31. The Bertz CT molecular complexity index is 409. The molecule has 106 valence electrons. The summed E-state index contributed by atoms with van der Waals surface area (Å²) in [7, 11) is 2.19. The molecule has 2 rings (SSSR count). The predicted octanol–water partition coefficient (Wildman–Crippen LogP) is 4.52. The quantitative estimate of drug-likeness (QED) is 0.825. The molecule has 1 aromatic carbocycles. The van der Waals surface area contributed by atoms with Gasteiger partial charge in [-0.05, 0) is 37.5 Å². The van der Waals surface area contributed by atoms with Crippen molar-refractivity contribution in [3.63, 3.8) is 0 Å². The van der Waals surface area contributed by atoms with Crippen molar-refractivity contribution in [2.75, 3.05) is 11.9 Å². The lowest BCUT2D eigenvalue weighted by Crippen LogP contribution is -2.31. The SMILES string of the molecule is CC(N)c1ccc(N(C)C2CCCCCC2)cc1Cl. The van der Waals surface area contributed by atoms with Crippen LogP contribution in [0.5, 0.6) is 0 Å². The first-order chi connectivity index (χ1) is 9.09. The van der Waals surface area contributed by atoms with E-state index in [0.29, 0.717) is 6.04 Å². The molecule has 0 saturated heterocycles. The van der Waals surface area contributed by atoms with Crippen molar-refractivity contribution in [1.29, 1.82) is 0 Å². The summed E-state index contributed by atoms with van der Waals surface area (Å²) in [6.07, 6.45) is 8.05. The van der Waals surface area contributed by atoms with Gasteiger partial charge in [0.1, 0.15) is 0 Å². The zero-order valence-electron chi connectivity index (χ0n) is 12.0. The van der Waals surface area contributed by atoms with E-state index in [2.05, 4.69) is 30.1 Å². The molecular weight excluding hydrogens is 256 g/mol. The Labute approximate surface area is 121 Å². The molecule has 1 aromatic rings. The molecule has 1 atom stereocenters. The number of nitrogens with two attached hydrogens (primary N) is 1. The number of nitrogens with zero attached hydrogens (tertiary/aromatic N) is 1. The van der Waals surface area contributed by atoms with Gasteiger partial charge in [0.25, 0.3) is 0 Å². The molecule has 0 aliphatic heterocycles. The van der Waals surface area contributed by atoms with Crippen molar-refractivity contribution in [2.45, 2.75) is 57.5 Å². The van der Waals surface area contributed by atoms with Gasteiger partial charge in [0, 0.05) is 29.8 Å². The first kappa shape index (κ1) is 14.7. The first-order valence-electron chi connectivity index (χ1n) is 7.37. The predicted molar refractivity (Wildman–Crippen MR) is 83.9 cm³/mol. The molecule has 0 heterocycles. The standard InChI is InChI=1S/C16H25ClN2/c1-12(18)15-10-9-14(11-16(15)17)19(2)13-7-5-3-4-6-8-13/h9-13H,3-8,18H2,1-2H3. The Kier molecular flexibility index (Phi) is 5.12. The lowest BCUT2D eigenvalue weighted by molar-refractivity contribution is 0.553. The van der Waals surface area contributed by atoms with Crippen LogP contribution in [-0.4, -0.2) is 13.1 Å². The Morgan fingerprint density at radius 1 is 1.21 bits per heavy atom. The van der Waals surface area contributed by atoms with Crippen LogP contribution in [0.4, 0.5) is 5.69 Å². The molecule has 1 fully saturated rings. The van der Waals surface area contributed by atoms with Crippen LogP contribution < -0.4 is 10.6 Å². The molecule has 2 nitrogen and oxygen atoms in total. The van der Waals surface area contributed by atoms with E-state index in [9.17, 15) is 0 Å². The highest BCUT2D eigenvalue weighted by Crippen LogP contribution is 2.30. The molecule has 0 radical (unpaired) electrons. The van der Waals surface area contributed by atoms with Crippen LogP contribution in [0.3, 0.4) is 0 Å². The van der Waals surface area contributed by atoms with E-state index in [4.69, 9.17) is 17.3 Å². The number of benzene rings is 1.